The van der Waals surface area contributed by atoms with Crippen molar-refractivity contribution in [3.05, 3.63) is 40.5 Å². The molecule has 1 saturated heterocycles. The van der Waals surface area contributed by atoms with Gasteiger partial charge < -0.3 is 10.5 Å². The summed E-state index contributed by atoms with van der Waals surface area (Å²) in [4.78, 5) is 10.8. The molecule has 112 valence electrons. The average molecular weight is 304 g/mol. The number of nitrogens with zero attached hydrogens (tertiary/aromatic N) is 3. The Balaban J connectivity index is 1.49. The number of aryl methyl sites for hydroxylation is 1. The molecule has 0 aromatic carbocycles. The van der Waals surface area contributed by atoms with Crippen molar-refractivity contribution in [3.8, 4) is 0 Å². The topological polar surface area (TPSA) is 64.3 Å². The third-order valence-corrected chi connectivity index (χ3v) is 4.43. The third-order valence-electron chi connectivity index (χ3n) is 3.67. The number of thiazole rings is 1. The summed E-state index contributed by atoms with van der Waals surface area (Å²) in [5.74, 6) is 0.586. The molecule has 5 nitrogen and oxygen atoms in total. The fourth-order valence-corrected chi connectivity index (χ4v) is 3.26. The maximum Gasteiger partial charge on any atom is 0.123 e. The molecule has 2 aromatic rings. The Kier molecular flexibility index (Phi) is 4.80. The van der Waals surface area contributed by atoms with Gasteiger partial charge in [0.2, 0.25) is 0 Å². The quantitative estimate of drug-likeness (QED) is 0.914. The highest BCUT2D eigenvalue weighted by molar-refractivity contribution is 7.09. The summed E-state index contributed by atoms with van der Waals surface area (Å²) in [6, 6.07) is 3.96. The average Bonchev–Trinajstić information content (AvgIpc) is 2.99. The molecule has 0 amide bonds. The maximum absolute atomic E-state index is 5.87. The molecule has 2 aromatic heterocycles. The standard InChI is InChI=1S/C15H20N4OS/c16-14-9-12(3-4-17-14)1-2-13-10-19(6-7-20-13)11-15-18-5-8-21-15/h3-5,8-9,13H,1-2,6-7,10-11H2,(H2,16,17)/t13-/m0/s1. The molecule has 0 bridgehead atoms. The smallest absolute Gasteiger partial charge is 0.123 e. The van der Waals surface area contributed by atoms with Gasteiger partial charge in [0.25, 0.3) is 0 Å². The van der Waals surface area contributed by atoms with E-state index >= 15 is 0 Å². The monoisotopic (exact) mass is 304 g/mol. The summed E-state index contributed by atoms with van der Waals surface area (Å²) in [5.41, 5.74) is 6.93. The Bertz CT molecular complexity index is 561. The lowest BCUT2D eigenvalue weighted by atomic mass is 10.1. The molecule has 1 aliphatic heterocycles. The fraction of sp³-hybridized carbons (Fsp3) is 0.467. The van der Waals surface area contributed by atoms with Crippen LogP contribution in [0.3, 0.4) is 0 Å². The molecule has 2 N–H and O–H groups in total. The SMILES string of the molecule is Nc1cc(CC[C@H]2CN(Cc3nccs3)CCO2)ccn1. The molecule has 0 unspecified atom stereocenters. The molecule has 3 rings (SSSR count). The van der Waals surface area contributed by atoms with Crippen LogP contribution in [0.2, 0.25) is 0 Å². The van der Waals surface area contributed by atoms with Crippen LogP contribution >= 0.6 is 11.3 Å². The Labute approximate surface area is 128 Å². The molecular formula is C15H20N4OS. The molecule has 6 heteroatoms. The minimum absolute atomic E-state index is 0.285. The molecular weight excluding hydrogens is 284 g/mol. The van der Waals surface area contributed by atoms with Gasteiger partial charge in [-0.2, -0.15) is 0 Å². The third kappa shape index (κ3) is 4.23. The van der Waals surface area contributed by atoms with Crippen LogP contribution in [0, 0.1) is 0 Å². The molecule has 1 fully saturated rings. The number of rotatable bonds is 5. The van der Waals surface area contributed by atoms with Gasteiger partial charge in [-0.25, -0.2) is 9.97 Å². The minimum Gasteiger partial charge on any atom is -0.384 e. The van der Waals surface area contributed by atoms with Crippen LogP contribution in [0.25, 0.3) is 0 Å². The van der Waals surface area contributed by atoms with E-state index in [2.05, 4.69) is 14.9 Å². The lowest BCUT2D eigenvalue weighted by Gasteiger charge is -2.32. The number of aromatic nitrogens is 2. The highest BCUT2D eigenvalue weighted by atomic mass is 32.1. The van der Waals surface area contributed by atoms with Gasteiger partial charge in [-0.1, -0.05) is 0 Å². The number of nitrogens with two attached hydrogens (primary N) is 1. The predicted molar refractivity (Wildman–Crippen MR) is 84.1 cm³/mol. The number of nitrogen functional groups attached to an aromatic ring is 1. The number of pyridine rings is 1. The number of hydrogen-bond acceptors (Lipinski definition) is 6. The summed E-state index contributed by atoms with van der Waals surface area (Å²) in [6.45, 7) is 3.69. The highest BCUT2D eigenvalue weighted by Crippen LogP contribution is 2.16. The van der Waals surface area contributed by atoms with E-state index in [1.165, 1.54) is 10.6 Å². The van der Waals surface area contributed by atoms with Crippen LogP contribution in [0.5, 0.6) is 0 Å². The van der Waals surface area contributed by atoms with Crippen molar-refractivity contribution in [2.45, 2.75) is 25.5 Å². The molecule has 21 heavy (non-hydrogen) atoms. The van der Waals surface area contributed by atoms with E-state index in [1.54, 1.807) is 17.5 Å². The molecule has 0 spiro atoms. The van der Waals surface area contributed by atoms with Gasteiger partial charge in [-0.05, 0) is 30.5 Å². The van der Waals surface area contributed by atoms with Crippen LogP contribution in [0.1, 0.15) is 17.0 Å². The summed E-state index contributed by atoms with van der Waals surface area (Å²) in [7, 11) is 0. The van der Waals surface area contributed by atoms with Crippen molar-refractivity contribution in [3.63, 3.8) is 0 Å². The van der Waals surface area contributed by atoms with Crippen LogP contribution < -0.4 is 5.73 Å². The summed E-state index contributed by atoms with van der Waals surface area (Å²) < 4.78 is 5.87. The van der Waals surface area contributed by atoms with Crippen molar-refractivity contribution in [2.24, 2.45) is 0 Å². The predicted octanol–water partition coefficient (Wildman–Crippen LogP) is 1.95. The van der Waals surface area contributed by atoms with Gasteiger partial charge in [-0.15, -0.1) is 11.3 Å². The lowest BCUT2D eigenvalue weighted by Crippen LogP contribution is -2.42. The van der Waals surface area contributed by atoms with Gasteiger partial charge in [0.15, 0.2) is 0 Å². The maximum atomic E-state index is 5.87. The molecule has 0 radical (unpaired) electrons. The second-order valence-corrected chi connectivity index (χ2v) is 6.26. The summed E-state index contributed by atoms with van der Waals surface area (Å²) in [6.07, 6.45) is 5.90. The molecule has 3 heterocycles. The van der Waals surface area contributed by atoms with Crippen LogP contribution in [-0.2, 0) is 17.7 Å². The van der Waals surface area contributed by atoms with Gasteiger partial charge in [-0.3, -0.25) is 4.90 Å². The number of morpholine rings is 1. The Morgan fingerprint density at radius 2 is 2.33 bits per heavy atom. The molecule has 1 atom stereocenters. The van der Waals surface area contributed by atoms with E-state index in [1.807, 2.05) is 23.7 Å². The molecule has 0 saturated carbocycles. The highest BCUT2D eigenvalue weighted by Gasteiger charge is 2.20. The van der Waals surface area contributed by atoms with Gasteiger partial charge >= 0.3 is 0 Å². The lowest BCUT2D eigenvalue weighted by molar-refractivity contribution is -0.0345. The van der Waals surface area contributed by atoms with Crippen molar-refractivity contribution in [1.82, 2.24) is 14.9 Å². The Hall–Kier alpha value is -1.50. The second-order valence-electron chi connectivity index (χ2n) is 5.28. The Morgan fingerprint density at radius 3 is 3.14 bits per heavy atom. The second kappa shape index (κ2) is 6.98. The van der Waals surface area contributed by atoms with Crippen molar-refractivity contribution in [2.75, 3.05) is 25.4 Å². The minimum atomic E-state index is 0.285. The zero-order chi connectivity index (χ0) is 14.5. The van der Waals surface area contributed by atoms with Crippen molar-refractivity contribution < 1.29 is 4.74 Å². The first kappa shape index (κ1) is 14.4. The zero-order valence-corrected chi connectivity index (χ0v) is 12.8. The largest absolute Gasteiger partial charge is 0.384 e. The van der Waals surface area contributed by atoms with Crippen molar-refractivity contribution in [1.29, 1.82) is 0 Å². The van der Waals surface area contributed by atoms with Gasteiger partial charge in [0, 0.05) is 30.9 Å². The summed E-state index contributed by atoms with van der Waals surface area (Å²) >= 11 is 1.72. The van der Waals surface area contributed by atoms with Gasteiger partial charge in [0.1, 0.15) is 10.8 Å². The first-order chi connectivity index (χ1) is 10.3. The van der Waals surface area contributed by atoms with Crippen LogP contribution in [-0.4, -0.2) is 40.7 Å². The van der Waals surface area contributed by atoms with Crippen LogP contribution in [0.15, 0.2) is 29.9 Å². The first-order valence-electron chi connectivity index (χ1n) is 7.22. The first-order valence-corrected chi connectivity index (χ1v) is 8.10. The molecule has 1 aliphatic rings. The fourth-order valence-electron chi connectivity index (χ4n) is 2.60. The van der Waals surface area contributed by atoms with Crippen molar-refractivity contribution >= 4 is 17.2 Å². The van der Waals surface area contributed by atoms with E-state index < -0.39 is 0 Å². The number of ether oxygens (including phenoxy) is 1. The normalized spacial score (nSPS) is 19.7. The van der Waals surface area contributed by atoms with E-state index in [0.717, 1.165) is 39.1 Å². The van der Waals surface area contributed by atoms with Crippen LogP contribution in [0.4, 0.5) is 5.82 Å². The number of hydrogen-bond donors (Lipinski definition) is 1. The Morgan fingerprint density at radius 1 is 1.38 bits per heavy atom. The van der Waals surface area contributed by atoms with Gasteiger partial charge in [0.05, 0.1) is 19.3 Å². The van der Waals surface area contributed by atoms with E-state index in [0.29, 0.717) is 5.82 Å². The zero-order valence-electron chi connectivity index (χ0n) is 11.9. The number of anilines is 1. The van der Waals surface area contributed by atoms with E-state index in [4.69, 9.17) is 10.5 Å². The van der Waals surface area contributed by atoms with E-state index in [9.17, 15) is 0 Å². The molecule has 0 aliphatic carbocycles. The summed E-state index contributed by atoms with van der Waals surface area (Å²) in [5, 5.41) is 3.21. The van der Waals surface area contributed by atoms with E-state index in [-0.39, 0.29) is 6.10 Å².